The molecule has 5 heteroatoms. The topological polar surface area (TPSA) is 62.7 Å². The average molecular weight is 327 g/mol. The van der Waals surface area contributed by atoms with Crippen molar-refractivity contribution in [1.29, 1.82) is 0 Å². The normalized spacial score (nSPS) is 18.7. The summed E-state index contributed by atoms with van der Waals surface area (Å²) in [6.45, 7) is 8.24. The SMILES string of the molecule is C=C(C)[C@H]1CC=C(C)/C(=N\NC(=O)CNc2ccc(OC)cc2)C1. The highest BCUT2D eigenvalue weighted by Crippen LogP contribution is 2.26. The fourth-order valence-corrected chi connectivity index (χ4v) is 2.48. The number of anilines is 1. The number of nitrogens with one attached hydrogen (secondary N) is 2. The predicted molar refractivity (Wildman–Crippen MR) is 98.4 cm³/mol. The summed E-state index contributed by atoms with van der Waals surface area (Å²) >= 11 is 0. The molecule has 1 aromatic rings. The van der Waals surface area contributed by atoms with E-state index in [9.17, 15) is 4.79 Å². The van der Waals surface area contributed by atoms with Crippen molar-refractivity contribution < 1.29 is 9.53 Å². The molecule has 0 saturated carbocycles. The third kappa shape index (κ3) is 4.98. The first-order valence-corrected chi connectivity index (χ1v) is 8.05. The van der Waals surface area contributed by atoms with Crippen LogP contribution in [0.2, 0.25) is 0 Å². The summed E-state index contributed by atoms with van der Waals surface area (Å²) in [4.78, 5) is 12.0. The summed E-state index contributed by atoms with van der Waals surface area (Å²) < 4.78 is 5.10. The van der Waals surface area contributed by atoms with E-state index in [4.69, 9.17) is 4.74 Å². The van der Waals surface area contributed by atoms with Crippen LogP contribution < -0.4 is 15.5 Å². The lowest BCUT2D eigenvalue weighted by Gasteiger charge is -2.22. The molecule has 1 aliphatic carbocycles. The number of hydrazone groups is 1. The fraction of sp³-hybridized carbons (Fsp3) is 0.368. The van der Waals surface area contributed by atoms with E-state index in [0.29, 0.717) is 5.92 Å². The molecular formula is C19H25N3O2. The molecule has 24 heavy (non-hydrogen) atoms. The van der Waals surface area contributed by atoms with Crippen molar-refractivity contribution >= 4 is 17.3 Å². The number of rotatable bonds is 6. The minimum atomic E-state index is -0.177. The molecule has 5 nitrogen and oxygen atoms in total. The smallest absolute Gasteiger partial charge is 0.259 e. The molecule has 0 spiro atoms. The number of hydrogen-bond acceptors (Lipinski definition) is 4. The molecule has 2 rings (SSSR count). The Morgan fingerprint density at radius 3 is 2.71 bits per heavy atom. The Balaban J connectivity index is 1.86. The van der Waals surface area contributed by atoms with Gasteiger partial charge in [-0.25, -0.2) is 5.43 Å². The number of nitrogens with zero attached hydrogens (tertiary/aromatic N) is 1. The largest absolute Gasteiger partial charge is 0.497 e. The summed E-state index contributed by atoms with van der Waals surface area (Å²) in [5.74, 6) is 1.01. The molecule has 0 radical (unpaired) electrons. The molecule has 0 unspecified atom stereocenters. The zero-order chi connectivity index (χ0) is 17.5. The number of carbonyl (C=O) groups excluding carboxylic acids is 1. The monoisotopic (exact) mass is 327 g/mol. The van der Waals surface area contributed by atoms with E-state index >= 15 is 0 Å². The standard InChI is InChI=1S/C19H25N3O2/c1-13(2)15-6-5-14(3)18(11-15)21-22-19(23)12-20-16-7-9-17(24-4)10-8-16/h5,7-10,15,20H,1,6,11-12H2,2-4H3,(H,22,23)/b21-18-/t15-/m0/s1. The Morgan fingerprint density at radius 2 is 2.08 bits per heavy atom. The molecule has 0 aliphatic heterocycles. The van der Waals surface area contributed by atoms with Crippen molar-refractivity contribution in [3.05, 3.63) is 48.1 Å². The molecular weight excluding hydrogens is 302 g/mol. The maximum atomic E-state index is 12.0. The van der Waals surface area contributed by atoms with Crippen LogP contribution in [0.5, 0.6) is 5.75 Å². The molecule has 0 fully saturated rings. The quantitative estimate of drug-likeness (QED) is 0.621. The van der Waals surface area contributed by atoms with Gasteiger partial charge in [0.25, 0.3) is 5.91 Å². The van der Waals surface area contributed by atoms with Crippen LogP contribution in [0, 0.1) is 5.92 Å². The number of allylic oxidation sites excluding steroid dienone is 3. The van der Waals surface area contributed by atoms with E-state index in [-0.39, 0.29) is 12.5 Å². The molecule has 1 amide bonds. The van der Waals surface area contributed by atoms with Crippen molar-refractivity contribution in [2.75, 3.05) is 19.0 Å². The van der Waals surface area contributed by atoms with Crippen LogP contribution in [0.15, 0.2) is 53.2 Å². The Labute approximate surface area is 143 Å². The number of hydrogen-bond donors (Lipinski definition) is 2. The lowest BCUT2D eigenvalue weighted by atomic mass is 9.85. The molecule has 128 valence electrons. The molecule has 0 aromatic heterocycles. The molecule has 1 aromatic carbocycles. The summed E-state index contributed by atoms with van der Waals surface area (Å²) in [7, 11) is 1.62. The summed E-state index contributed by atoms with van der Waals surface area (Å²) in [6.07, 6.45) is 3.97. The van der Waals surface area contributed by atoms with Crippen molar-refractivity contribution in [2.45, 2.75) is 26.7 Å². The molecule has 1 atom stereocenters. The molecule has 0 saturated heterocycles. The van der Waals surface area contributed by atoms with E-state index in [0.717, 1.165) is 41.1 Å². The number of methoxy groups -OCH3 is 1. The summed E-state index contributed by atoms with van der Waals surface area (Å²) in [5, 5.41) is 7.34. The van der Waals surface area contributed by atoms with E-state index in [1.165, 1.54) is 0 Å². The third-order valence-electron chi connectivity index (χ3n) is 4.16. The average Bonchev–Trinajstić information content (AvgIpc) is 2.59. The van der Waals surface area contributed by atoms with Gasteiger partial charge in [0.05, 0.1) is 19.4 Å². The minimum absolute atomic E-state index is 0.162. The first kappa shape index (κ1) is 17.8. The number of carbonyl (C=O) groups is 1. The Kier molecular flexibility index (Phi) is 6.18. The van der Waals surface area contributed by atoms with Gasteiger partial charge in [0.1, 0.15) is 5.75 Å². The van der Waals surface area contributed by atoms with Gasteiger partial charge in [-0.1, -0.05) is 18.2 Å². The highest BCUT2D eigenvalue weighted by molar-refractivity contribution is 6.01. The second-order valence-corrected chi connectivity index (χ2v) is 6.05. The molecule has 0 bridgehead atoms. The minimum Gasteiger partial charge on any atom is -0.497 e. The molecule has 1 aliphatic rings. The Hall–Kier alpha value is -2.56. The Bertz CT molecular complexity index is 660. The van der Waals surface area contributed by atoms with E-state index in [2.05, 4.69) is 28.5 Å². The highest BCUT2D eigenvalue weighted by atomic mass is 16.5. The van der Waals surface area contributed by atoms with Crippen LogP contribution in [-0.2, 0) is 4.79 Å². The zero-order valence-corrected chi connectivity index (χ0v) is 14.6. The van der Waals surface area contributed by atoms with Crippen molar-refractivity contribution in [2.24, 2.45) is 11.0 Å². The van der Waals surface area contributed by atoms with E-state index in [1.807, 2.05) is 38.1 Å². The Morgan fingerprint density at radius 1 is 1.38 bits per heavy atom. The number of amides is 1. The predicted octanol–water partition coefficient (Wildman–Crippen LogP) is 3.51. The van der Waals surface area contributed by atoms with E-state index < -0.39 is 0 Å². The van der Waals surface area contributed by atoms with Gasteiger partial charge in [0.15, 0.2) is 0 Å². The number of ether oxygens (including phenoxy) is 1. The summed E-state index contributed by atoms with van der Waals surface area (Å²) in [5.41, 5.74) is 6.68. The van der Waals surface area contributed by atoms with Crippen molar-refractivity contribution in [3.8, 4) is 5.75 Å². The van der Waals surface area contributed by atoms with Gasteiger partial charge in [-0.15, -0.1) is 0 Å². The van der Waals surface area contributed by atoms with E-state index in [1.54, 1.807) is 7.11 Å². The number of benzene rings is 1. The van der Waals surface area contributed by atoms with Crippen LogP contribution >= 0.6 is 0 Å². The lowest BCUT2D eigenvalue weighted by Crippen LogP contribution is -2.28. The van der Waals surface area contributed by atoms with Crippen LogP contribution in [0.25, 0.3) is 0 Å². The summed E-state index contributed by atoms with van der Waals surface area (Å²) in [6, 6.07) is 7.41. The van der Waals surface area contributed by atoms with Crippen molar-refractivity contribution in [3.63, 3.8) is 0 Å². The maximum absolute atomic E-state index is 12.0. The van der Waals surface area contributed by atoms with Crippen LogP contribution in [0.1, 0.15) is 26.7 Å². The molecule has 0 heterocycles. The second-order valence-electron chi connectivity index (χ2n) is 6.05. The third-order valence-corrected chi connectivity index (χ3v) is 4.16. The van der Waals surface area contributed by atoms with Crippen LogP contribution in [0.4, 0.5) is 5.69 Å². The van der Waals surface area contributed by atoms with Crippen molar-refractivity contribution in [1.82, 2.24) is 5.43 Å². The van der Waals surface area contributed by atoms with Gasteiger partial charge in [0, 0.05) is 5.69 Å². The van der Waals surface area contributed by atoms with Gasteiger partial charge in [-0.2, -0.15) is 5.10 Å². The second kappa shape index (κ2) is 8.34. The zero-order valence-electron chi connectivity index (χ0n) is 14.6. The fourth-order valence-electron chi connectivity index (χ4n) is 2.48. The first-order chi connectivity index (χ1) is 11.5. The lowest BCUT2D eigenvalue weighted by molar-refractivity contribution is -0.119. The molecule has 2 N–H and O–H groups in total. The van der Waals surface area contributed by atoms with Crippen LogP contribution in [0.3, 0.4) is 0 Å². The highest BCUT2D eigenvalue weighted by Gasteiger charge is 2.18. The van der Waals surface area contributed by atoms with Crippen LogP contribution in [-0.4, -0.2) is 25.3 Å². The van der Waals surface area contributed by atoms with Gasteiger partial charge < -0.3 is 10.1 Å². The van der Waals surface area contributed by atoms with Gasteiger partial charge in [-0.3, -0.25) is 4.79 Å². The van der Waals surface area contributed by atoms with Gasteiger partial charge in [-0.05, 0) is 62.4 Å². The first-order valence-electron chi connectivity index (χ1n) is 8.05. The maximum Gasteiger partial charge on any atom is 0.259 e. The van der Waals surface area contributed by atoms with Gasteiger partial charge in [0.2, 0.25) is 0 Å². The van der Waals surface area contributed by atoms with Gasteiger partial charge >= 0.3 is 0 Å².